The lowest BCUT2D eigenvalue weighted by Crippen LogP contribution is -2.22. The van der Waals surface area contributed by atoms with Crippen LogP contribution in [0.25, 0.3) is 0 Å². The van der Waals surface area contributed by atoms with E-state index in [2.05, 4.69) is 5.16 Å². The Hall–Kier alpha value is -1.43. The van der Waals surface area contributed by atoms with Crippen molar-refractivity contribution in [3.05, 3.63) is 29.6 Å². The molecule has 1 heterocycles. The van der Waals surface area contributed by atoms with Gasteiger partial charge >= 0.3 is 0 Å². The van der Waals surface area contributed by atoms with Crippen molar-refractivity contribution in [1.82, 2.24) is 0 Å². The Labute approximate surface area is 99.0 Å². The normalized spacial score (nSPS) is 20.0. The predicted octanol–water partition coefficient (Wildman–Crippen LogP) is 1.74. The zero-order valence-corrected chi connectivity index (χ0v) is 10.1. The van der Waals surface area contributed by atoms with E-state index in [9.17, 15) is 12.8 Å². The average molecular weight is 257 g/mol. The minimum atomic E-state index is -3.32. The van der Waals surface area contributed by atoms with Gasteiger partial charge in [0, 0.05) is 12.0 Å². The van der Waals surface area contributed by atoms with Gasteiger partial charge in [-0.1, -0.05) is 5.16 Å². The van der Waals surface area contributed by atoms with Crippen molar-refractivity contribution in [2.24, 2.45) is 5.16 Å². The molecule has 17 heavy (non-hydrogen) atoms. The molecule has 4 nitrogen and oxygen atoms in total. The van der Waals surface area contributed by atoms with Crippen molar-refractivity contribution in [2.75, 3.05) is 12.4 Å². The number of benzene rings is 1. The zero-order valence-electron chi connectivity index (χ0n) is 9.31. The summed E-state index contributed by atoms with van der Waals surface area (Å²) in [4.78, 5) is 5.04. The van der Waals surface area contributed by atoms with Crippen LogP contribution in [-0.2, 0) is 14.7 Å². The van der Waals surface area contributed by atoms with Crippen molar-refractivity contribution in [1.29, 1.82) is 0 Å². The lowest BCUT2D eigenvalue weighted by molar-refractivity contribution is 0.158. The van der Waals surface area contributed by atoms with Crippen molar-refractivity contribution in [2.45, 2.75) is 18.2 Å². The van der Waals surface area contributed by atoms with Gasteiger partial charge in [-0.15, -0.1) is 0 Å². The average Bonchev–Trinajstić information content (AvgIpc) is 2.28. The summed E-state index contributed by atoms with van der Waals surface area (Å²) in [7, 11) is -3.32. The number of oxime groups is 1. The van der Waals surface area contributed by atoms with Crippen LogP contribution >= 0.6 is 0 Å². The first-order valence-corrected chi connectivity index (χ1v) is 6.91. The molecule has 0 unspecified atom stereocenters. The molecule has 0 saturated heterocycles. The maximum absolute atomic E-state index is 13.2. The van der Waals surface area contributed by atoms with Crippen LogP contribution in [0.2, 0.25) is 0 Å². The Balaban J connectivity index is 2.57. The molecular formula is C11H12FNO3S. The van der Waals surface area contributed by atoms with Gasteiger partial charge in [-0.3, -0.25) is 0 Å². The molecule has 0 spiro atoms. The molecule has 0 fully saturated rings. The first-order valence-electron chi connectivity index (χ1n) is 5.26. The molecule has 1 aliphatic rings. The van der Waals surface area contributed by atoms with Crippen LogP contribution in [0.1, 0.15) is 18.9 Å². The Morgan fingerprint density at radius 1 is 1.47 bits per heavy atom. The summed E-state index contributed by atoms with van der Waals surface area (Å²) in [6.07, 6.45) is 0.249. The van der Waals surface area contributed by atoms with E-state index in [4.69, 9.17) is 4.84 Å². The molecule has 0 radical (unpaired) electrons. The van der Waals surface area contributed by atoms with Gasteiger partial charge in [0.1, 0.15) is 12.4 Å². The quantitative estimate of drug-likeness (QED) is 0.599. The molecule has 1 aliphatic heterocycles. The van der Waals surface area contributed by atoms with Gasteiger partial charge in [0.2, 0.25) is 0 Å². The maximum atomic E-state index is 13.2. The highest BCUT2D eigenvalue weighted by Crippen LogP contribution is 2.26. The number of rotatable bonds is 2. The second kappa shape index (κ2) is 4.44. The molecule has 1 aromatic carbocycles. The highest BCUT2D eigenvalue weighted by Gasteiger charge is 2.28. The Kier molecular flexibility index (Phi) is 3.15. The molecular weight excluding hydrogens is 245 g/mol. The van der Waals surface area contributed by atoms with E-state index in [1.165, 1.54) is 12.1 Å². The van der Waals surface area contributed by atoms with Gasteiger partial charge in [-0.2, -0.15) is 0 Å². The molecule has 6 heteroatoms. The molecule has 0 atom stereocenters. The van der Waals surface area contributed by atoms with Crippen LogP contribution in [0.4, 0.5) is 4.39 Å². The third kappa shape index (κ3) is 2.31. The zero-order chi connectivity index (χ0) is 12.5. The molecule has 0 N–H and O–H groups in total. The van der Waals surface area contributed by atoms with Crippen molar-refractivity contribution in [3.8, 4) is 0 Å². The highest BCUT2D eigenvalue weighted by molar-refractivity contribution is 7.91. The monoisotopic (exact) mass is 257 g/mol. The van der Waals surface area contributed by atoms with Gasteiger partial charge in [0.05, 0.1) is 16.4 Å². The molecule has 1 aromatic rings. The lowest BCUT2D eigenvalue weighted by Gasteiger charge is -2.17. The summed E-state index contributed by atoms with van der Waals surface area (Å²) in [5.74, 6) is -0.498. The molecule has 2 rings (SSSR count). The second-order valence-corrected chi connectivity index (χ2v) is 5.74. The molecule has 0 bridgehead atoms. The van der Waals surface area contributed by atoms with Crippen LogP contribution in [0.15, 0.2) is 28.3 Å². The molecule has 0 aliphatic carbocycles. The minimum Gasteiger partial charge on any atom is -0.396 e. The summed E-state index contributed by atoms with van der Waals surface area (Å²) in [5.41, 5.74) is 0.792. The summed E-state index contributed by atoms with van der Waals surface area (Å²) < 4.78 is 36.7. The number of halogens is 1. The SMILES string of the molecule is CCO/N=C1\CCS(=O)(=O)c2ccc(F)cc21. The molecule has 0 saturated carbocycles. The largest absolute Gasteiger partial charge is 0.396 e. The maximum Gasteiger partial charge on any atom is 0.179 e. The summed E-state index contributed by atoms with van der Waals surface area (Å²) in [6, 6.07) is 3.60. The van der Waals surface area contributed by atoms with Gasteiger partial charge in [-0.05, 0) is 25.1 Å². The van der Waals surface area contributed by atoms with Gasteiger partial charge in [-0.25, -0.2) is 12.8 Å². The van der Waals surface area contributed by atoms with Gasteiger partial charge in [0.15, 0.2) is 9.84 Å². The van der Waals surface area contributed by atoms with E-state index in [0.29, 0.717) is 17.9 Å². The van der Waals surface area contributed by atoms with Crippen molar-refractivity contribution >= 4 is 15.5 Å². The van der Waals surface area contributed by atoms with Crippen LogP contribution in [-0.4, -0.2) is 26.5 Å². The third-order valence-corrected chi connectivity index (χ3v) is 4.27. The molecule has 92 valence electrons. The molecule has 0 amide bonds. The number of fused-ring (bicyclic) bond motifs is 1. The van der Waals surface area contributed by atoms with Crippen LogP contribution in [0.3, 0.4) is 0 Å². The van der Waals surface area contributed by atoms with E-state index in [0.717, 1.165) is 6.07 Å². The summed E-state index contributed by atoms with van der Waals surface area (Å²) >= 11 is 0. The second-order valence-electron chi connectivity index (χ2n) is 3.67. The predicted molar refractivity (Wildman–Crippen MR) is 61.2 cm³/mol. The lowest BCUT2D eigenvalue weighted by atomic mass is 10.1. The number of nitrogens with zero attached hydrogens (tertiary/aromatic N) is 1. The Bertz CT molecular complexity index is 566. The first-order chi connectivity index (χ1) is 8.04. The summed E-state index contributed by atoms with van der Waals surface area (Å²) in [5, 5.41) is 3.84. The highest BCUT2D eigenvalue weighted by atomic mass is 32.2. The van der Waals surface area contributed by atoms with Crippen LogP contribution in [0, 0.1) is 5.82 Å². The Morgan fingerprint density at radius 2 is 2.24 bits per heavy atom. The smallest absolute Gasteiger partial charge is 0.179 e. The summed E-state index contributed by atoms with van der Waals surface area (Å²) in [6.45, 7) is 2.16. The third-order valence-electron chi connectivity index (χ3n) is 2.50. The number of sulfone groups is 1. The van der Waals surface area contributed by atoms with E-state index in [1.54, 1.807) is 6.92 Å². The fourth-order valence-corrected chi connectivity index (χ4v) is 3.18. The van der Waals surface area contributed by atoms with Crippen LogP contribution in [0.5, 0.6) is 0 Å². The fourth-order valence-electron chi connectivity index (χ4n) is 1.71. The number of hydrogen-bond donors (Lipinski definition) is 0. The van der Waals surface area contributed by atoms with E-state index in [-0.39, 0.29) is 17.1 Å². The first kappa shape index (κ1) is 12.0. The van der Waals surface area contributed by atoms with E-state index < -0.39 is 15.7 Å². The van der Waals surface area contributed by atoms with Gasteiger partial charge < -0.3 is 4.84 Å². The van der Waals surface area contributed by atoms with Crippen LogP contribution < -0.4 is 0 Å². The molecule has 0 aromatic heterocycles. The van der Waals surface area contributed by atoms with Crippen molar-refractivity contribution in [3.63, 3.8) is 0 Å². The van der Waals surface area contributed by atoms with E-state index in [1.807, 2.05) is 0 Å². The van der Waals surface area contributed by atoms with Crippen molar-refractivity contribution < 1.29 is 17.6 Å². The topological polar surface area (TPSA) is 55.7 Å². The number of hydrogen-bond acceptors (Lipinski definition) is 4. The fraction of sp³-hybridized carbons (Fsp3) is 0.364. The van der Waals surface area contributed by atoms with E-state index >= 15 is 0 Å². The minimum absolute atomic E-state index is 0.0163. The van der Waals surface area contributed by atoms with Gasteiger partial charge in [0.25, 0.3) is 0 Å². The Morgan fingerprint density at radius 3 is 2.94 bits per heavy atom. The standard InChI is InChI=1S/C11H12FNO3S/c1-2-16-13-10-5-6-17(14,15)11-4-3-8(12)7-9(10)11/h3-4,7H,2,5-6H2,1H3/b13-10+.